The number of H-pyrrole nitrogens is 1. The summed E-state index contributed by atoms with van der Waals surface area (Å²) in [6.45, 7) is 0.655. The molecule has 1 unspecified atom stereocenters. The molecule has 3 aromatic rings. The Bertz CT molecular complexity index is 1190. The quantitative estimate of drug-likeness (QED) is 0.567. The molecule has 0 bridgehead atoms. The third-order valence-corrected chi connectivity index (χ3v) is 5.51. The van der Waals surface area contributed by atoms with E-state index >= 15 is 0 Å². The van der Waals surface area contributed by atoms with Crippen LogP contribution in [0.25, 0.3) is 11.0 Å². The Morgan fingerprint density at radius 3 is 2.71 bits per heavy atom. The normalized spacial score (nSPS) is 15.3. The Hall–Kier alpha value is -2.77. The van der Waals surface area contributed by atoms with Crippen LogP contribution in [0.4, 0.5) is 5.69 Å². The number of hydrogen-bond acceptors (Lipinski definition) is 4. The molecule has 0 fully saturated rings. The number of benzene rings is 2. The average Bonchev–Trinajstić information content (AvgIpc) is 2.69. The third kappa shape index (κ3) is 3.27. The van der Waals surface area contributed by atoms with Crippen LogP contribution in [-0.4, -0.2) is 22.0 Å². The molecule has 1 aromatic heterocycles. The van der Waals surface area contributed by atoms with E-state index < -0.39 is 17.2 Å². The minimum Gasteiger partial charge on any atom is -0.380 e. The van der Waals surface area contributed by atoms with Crippen molar-refractivity contribution in [1.82, 2.24) is 14.9 Å². The number of nitrogens with zero attached hydrogens (tertiary/aromatic N) is 1. The Kier molecular flexibility index (Phi) is 4.87. The summed E-state index contributed by atoms with van der Waals surface area (Å²) >= 11 is 12.4. The number of rotatable bonds is 4. The van der Waals surface area contributed by atoms with Crippen molar-refractivity contribution >= 4 is 45.8 Å². The zero-order valence-electron chi connectivity index (χ0n) is 14.6. The summed E-state index contributed by atoms with van der Waals surface area (Å²) in [6.07, 6.45) is 0.0397. The van der Waals surface area contributed by atoms with Gasteiger partial charge in [0.05, 0.1) is 32.8 Å². The first-order valence-corrected chi connectivity index (χ1v) is 9.42. The summed E-state index contributed by atoms with van der Waals surface area (Å²) in [6, 6.07) is 10.5. The van der Waals surface area contributed by atoms with Crippen molar-refractivity contribution in [3.63, 3.8) is 0 Å². The molecular formula is C19H16Cl2N4O3. The zero-order chi connectivity index (χ0) is 19.8. The number of amides is 1. The lowest BCUT2D eigenvalue weighted by molar-refractivity contribution is -0.121. The Morgan fingerprint density at radius 1 is 1.21 bits per heavy atom. The monoisotopic (exact) mass is 418 g/mol. The van der Waals surface area contributed by atoms with Crippen LogP contribution in [0.2, 0.25) is 10.0 Å². The van der Waals surface area contributed by atoms with Crippen molar-refractivity contribution in [1.29, 1.82) is 0 Å². The molecule has 144 valence electrons. The van der Waals surface area contributed by atoms with Crippen LogP contribution < -0.4 is 21.8 Å². The van der Waals surface area contributed by atoms with Gasteiger partial charge in [-0.1, -0.05) is 53.5 Å². The summed E-state index contributed by atoms with van der Waals surface area (Å²) in [7, 11) is 0. The summed E-state index contributed by atoms with van der Waals surface area (Å²) in [5.41, 5.74) is 0.767. The fourth-order valence-corrected chi connectivity index (χ4v) is 3.83. The second-order valence-electron chi connectivity index (χ2n) is 6.57. The van der Waals surface area contributed by atoms with Gasteiger partial charge in [0.2, 0.25) is 5.91 Å². The standard InChI is InChI=1S/C19H16Cl2N4O3/c20-12-7-13-17-16(15(12)21)23-9-11(25(17)19(28)18(27)24-13)6-14(26)22-8-10-4-2-1-3-5-10/h1-5,7,11,23H,6,8-9H2,(H,22,26)(H,24,27). The lowest BCUT2D eigenvalue weighted by atomic mass is 10.1. The van der Waals surface area contributed by atoms with E-state index in [9.17, 15) is 14.4 Å². The van der Waals surface area contributed by atoms with E-state index in [0.29, 0.717) is 23.3 Å². The Balaban J connectivity index is 1.67. The molecule has 0 radical (unpaired) electrons. The molecule has 2 aromatic carbocycles. The van der Waals surface area contributed by atoms with Crippen LogP contribution in [0.5, 0.6) is 0 Å². The van der Waals surface area contributed by atoms with Gasteiger partial charge in [-0.05, 0) is 11.6 Å². The van der Waals surface area contributed by atoms with Gasteiger partial charge in [0.15, 0.2) is 0 Å². The summed E-state index contributed by atoms with van der Waals surface area (Å²) in [4.78, 5) is 39.6. The second kappa shape index (κ2) is 7.33. The van der Waals surface area contributed by atoms with Gasteiger partial charge < -0.3 is 15.6 Å². The SMILES string of the molecule is O=C(CC1CNc2c(Cl)c(Cl)cc3[nH]c(=O)c(=O)n1c23)NCc1ccccc1. The maximum atomic E-state index is 12.6. The molecule has 3 N–H and O–H groups in total. The Morgan fingerprint density at radius 2 is 1.96 bits per heavy atom. The molecule has 7 nitrogen and oxygen atoms in total. The van der Waals surface area contributed by atoms with Crippen molar-refractivity contribution in [2.24, 2.45) is 0 Å². The zero-order valence-corrected chi connectivity index (χ0v) is 16.1. The Labute approximate surface area is 169 Å². The van der Waals surface area contributed by atoms with Crippen LogP contribution >= 0.6 is 23.2 Å². The van der Waals surface area contributed by atoms with Gasteiger partial charge in [0.1, 0.15) is 0 Å². The van der Waals surface area contributed by atoms with E-state index in [2.05, 4.69) is 15.6 Å². The minimum atomic E-state index is -0.770. The van der Waals surface area contributed by atoms with Gasteiger partial charge in [-0.2, -0.15) is 0 Å². The molecule has 9 heteroatoms. The van der Waals surface area contributed by atoms with Crippen LogP contribution in [0.3, 0.4) is 0 Å². The summed E-state index contributed by atoms with van der Waals surface area (Å²) < 4.78 is 1.34. The second-order valence-corrected chi connectivity index (χ2v) is 7.36. The highest BCUT2D eigenvalue weighted by molar-refractivity contribution is 6.45. The van der Waals surface area contributed by atoms with Crippen molar-refractivity contribution in [3.8, 4) is 0 Å². The molecule has 0 aliphatic carbocycles. The van der Waals surface area contributed by atoms with Crippen molar-refractivity contribution < 1.29 is 4.79 Å². The highest BCUT2D eigenvalue weighted by Gasteiger charge is 2.28. The van der Waals surface area contributed by atoms with Gasteiger partial charge >= 0.3 is 11.1 Å². The molecular weight excluding hydrogens is 403 g/mol. The number of anilines is 1. The molecule has 0 saturated carbocycles. The molecule has 4 rings (SSSR count). The van der Waals surface area contributed by atoms with Crippen LogP contribution in [-0.2, 0) is 11.3 Å². The first kappa shape index (κ1) is 18.6. The number of aromatic amines is 1. The maximum Gasteiger partial charge on any atom is 0.317 e. The fraction of sp³-hybridized carbons (Fsp3) is 0.211. The number of hydrogen-bond donors (Lipinski definition) is 3. The molecule has 28 heavy (non-hydrogen) atoms. The van der Waals surface area contributed by atoms with E-state index in [-0.39, 0.29) is 28.9 Å². The van der Waals surface area contributed by atoms with E-state index in [1.165, 1.54) is 10.6 Å². The third-order valence-electron chi connectivity index (χ3n) is 4.73. The highest BCUT2D eigenvalue weighted by Crippen LogP contribution is 2.39. The van der Waals surface area contributed by atoms with Crippen molar-refractivity contribution in [3.05, 3.63) is 72.7 Å². The van der Waals surface area contributed by atoms with Gasteiger partial charge in [0.25, 0.3) is 0 Å². The first-order chi connectivity index (χ1) is 13.5. The molecule has 1 aliphatic rings. The lowest BCUT2D eigenvalue weighted by Crippen LogP contribution is -2.43. The lowest BCUT2D eigenvalue weighted by Gasteiger charge is -2.29. The fourth-order valence-electron chi connectivity index (χ4n) is 3.42. The first-order valence-electron chi connectivity index (χ1n) is 8.66. The largest absolute Gasteiger partial charge is 0.380 e. The molecule has 0 saturated heterocycles. The molecule has 1 aliphatic heterocycles. The number of halogens is 2. The number of nitrogens with one attached hydrogen (secondary N) is 3. The molecule has 1 atom stereocenters. The van der Waals surface area contributed by atoms with Gasteiger partial charge in [-0.3, -0.25) is 19.0 Å². The van der Waals surface area contributed by atoms with Crippen molar-refractivity contribution in [2.45, 2.75) is 19.0 Å². The smallest absolute Gasteiger partial charge is 0.317 e. The molecule has 0 spiro atoms. The van der Waals surface area contributed by atoms with E-state index in [4.69, 9.17) is 23.2 Å². The van der Waals surface area contributed by atoms with Crippen LogP contribution in [0, 0.1) is 0 Å². The van der Waals surface area contributed by atoms with Gasteiger partial charge in [0, 0.05) is 19.5 Å². The summed E-state index contributed by atoms with van der Waals surface area (Å²) in [5.74, 6) is -0.223. The van der Waals surface area contributed by atoms with Gasteiger partial charge in [-0.25, -0.2) is 0 Å². The average molecular weight is 419 g/mol. The van der Waals surface area contributed by atoms with E-state index in [1.54, 1.807) is 0 Å². The van der Waals surface area contributed by atoms with Gasteiger partial charge in [-0.15, -0.1) is 0 Å². The minimum absolute atomic E-state index is 0.0397. The predicted molar refractivity (Wildman–Crippen MR) is 109 cm³/mol. The van der Waals surface area contributed by atoms with Crippen LogP contribution in [0.1, 0.15) is 18.0 Å². The number of carbonyl (C=O) groups is 1. The van der Waals surface area contributed by atoms with E-state index in [0.717, 1.165) is 5.56 Å². The predicted octanol–water partition coefficient (Wildman–Crippen LogP) is 2.67. The number of aromatic nitrogens is 2. The topological polar surface area (TPSA) is 96.0 Å². The van der Waals surface area contributed by atoms with E-state index in [1.807, 2.05) is 30.3 Å². The van der Waals surface area contributed by atoms with Crippen molar-refractivity contribution in [2.75, 3.05) is 11.9 Å². The highest BCUT2D eigenvalue weighted by atomic mass is 35.5. The molecule has 1 amide bonds. The number of carbonyl (C=O) groups excluding carboxylic acids is 1. The summed E-state index contributed by atoms with van der Waals surface area (Å²) in [5, 5.41) is 6.50. The molecule has 2 heterocycles. The van der Waals surface area contributed by atoms with Crippen LogP contribution in [0.15, 0.2) is 46.0 Å². The maximum absolute atomic E-state index is 12.6.